The van der Waals surface area contributed by atoms with E-state index in [-0.39, 0.29) is 12.5 Å². The number of thioether (sulfide) groups is 1. The van der Waals surface area contributed by atoms with E-state index in [1.54, 1.807) is 17.8 Å². The van der Waals surface area contributed by atoms with Gasteiger partial charge in [0.05, 0.1) is 40.3 Å². The molecule has 0 atom stereocenters. The van der Waals surface area contributed by atoms with Gasteiger partial charge in [0.25, 0.3) is 0 Å². The molecule has 0 unspecified atom stereocenters. The lowest BCUT2D eigenvalue weighted by molar-refractivity contribution is -0.135. The van der Waals surface area contributed by atoms with Crippen molar-refractivity contribution in [3.63, 3.8) is 0 Å². The first kappa shape index (κ1) is 28.4. The van der Waals surface area contributed by atoms with Crippen LogP contribution in [0.4, 0.5) is 0 Å². The van der Waals surface area contributed by atoms with Crippen LogP contribution in [0.1, 0.15) is 72.8 Å². The molecular weight excluding hydrogens is 579 g/mol. The average molecular weight is 614 g/mol. The molecule has 7 rings (SSSR count). The Balaban J connectivity index is 1.37. The van der Waals surface area contributed by atoms with E-state index in [2.05, 4.69) is 54.8 Å². The number of benzene rings is 1. The second-order valence-electron chi connectivity index (χ2n) is 11.8. The van der Waals surface area contributed by atoms with Crippen LogP contribution >= 0.6 is 23.1 Å². The molecule has 1 aliphatic carbocycles. The Morgan fingerprint density at radius 2 is 1.86 bits per heavy atom. The third kappa shape index (κ3) is 5.32. The Hall–Kier alpha value is -3.40. The number of carboxylic acids is 1. The highest BCUT2D eigenvalue weighted by atomic mass is 32.2. The lowest BCUT2D eigenvalue weighted by atomic mass is 9.94. The number of thiophene rings is 1. The standard InChI is InChI=1S/C34H35N3O4S2/c1-20-7-8-21(2)42-32(20)26-12-9-23-17-24(10-11-25(23)35-26)31-30(22-5-3-4-6-22)33-27(18-28(43-33)34(39)40)37(31)19-29(38)36-13-15-41-16-14-36/h8-12,17-18,22H,3-7,13-16,19H2,1-2H3,(H,39,40). The molecule has 2 aliphatic heterocycles. The van der Waals surface area contributed by atoms with Gasteiger partial charge in [0.2, 0.25) is 5.91 Å². The van der Waals surface area contributed by atoms with E-state index in [1.165, 1.54) is 32.3 Å². The molecule has 2 fully saturated rings. The van der Waals surface area contributed by atoms with Crippen LogP contribution < -0.4 is 0 Å². The Labute approximate surface area is 259 Å². The first-order chi connectivity index (χ1) is 20.9. The molecule has 3 aromatic heterocycles. The topological polar surface area (TPSA) is 84.7 Å². The van der Waals surface area contributed by atoms with Gasteiger partial charge in [0.15, 0.2) is 0 Å². The molecule has 7 nitrogen and oxygen atoms in total. The fraction of sp³-hybridized carbons (Fsp3) is 0.382. The SMILES string of the molecule is CC1=CCC(C)=C(c2ccc3cc(-c4c(C5CCCC5)c5sc(C(=O)O)cc5n4CC(=O)N4CCOCC4)ccc3n2)S1. The Morgan fingerprint density at radius 3 is 2.63 bits per heavy atom. The average Bonchev–Trinajstić information content (AvgIpc) is 3.76. The predicted molar refractivity (Wildman–Crippen MR) is 175 cm³/mol. The highest BCUT2D eigenvalue weighted by Gasteiger charge is 2.31. The van der Waals surface area contributed by atoms with Gasteiger partial charge in [-0.25, -0.2) is 9.78 Å². The quantitative estimate of drug-likeness (QED) is 0.238. The number of hydrogen-bond acceptors (Lipinski definition) is 6. The molecule has 1 N–H and O–H groups in total. The molecule has 0 bridgehead atoms. The van der Waals surface area contributed by atoms with Crippen molar-refractivity contribution in [3.8, 4) is 11.3 Å². The van der Waals surface area contributed by atoms with Crippen LogP contribution in [0.3, 0.4) is 0 Å². The molecule has 0 spiro atoms. The highest BCUT2D eigenvalue weighted by Crippen LogP contribution is 2.48. The molecule has 1 aromatic carbocycles. The minimum absolute atomic E-state index is 0.0348. The number of fused-ring (bicyclic) bond motifs is 2. The van der Waals surface area contributed by atoms with Crippen molar-refractivity contribution in [3.05, 3.63) is 69.1 Å². The van der Waals surface area contributed by atoms with E-state index in [0.717, 1.165) is 70.2 Å². The van der Waals surface area contributed by atoms with Crippen molar-refractivity contribution >= 4 is 61.0 Å². The molecule has 222 valence electrons. The van der Waals surface area contributed by atoms with Crippen LogP contribution in [-0.4, -0.2) is 57.7 Å². The molecule has 1 saturated carbocycles. The number of amides is 1. The maximum absolute atomic E-state index is 13.6. The smallest absolute Gasteiger partial charge is 0.345 e. The van der Waals surface area contributed by atoms with Crippen LogP contribution in [0.15, 0.2) is 53.0 Å². The Bertz CT molecular complexity index is 1820. The van der Waals surface area contributed by atoms with Crippen molar-refractivity contribution in [2.24, 2.45) is 0 Å². The molecule has 5 heterocycles. The maximum Gasteiger partial charge on any atom is 0.345 e. The number of rotatable bonds is 6. The first-order valence-corrected chi connectivity index (χ1v) is 16.7. The van der Waals surface area contributed by atoms with E-state index in [4.69, 9.17) is 9.72 Å². The highest BCUT2D eigenvalue weighted by molar-refractivity contribution is 8.11. The molecule has 1 saturated heterocycles. The lowest BCUT2D eigenvalue weighted by Crippen LogP contribution is -2.42. The van der Waals surface area contributed by atoms with Gasteiger partial charge in [0.1, 0.15) is 11.4 Å². The third-order valence-electron chi connectivity index (χ3n) is 8.95. The number of ether oxygens (including phenoxy) is 1. The van der Waals surface area contributed by atoms with Crippen molar-refractivity contribution < 1.29 is 19.4 Å². The maximum atomic E-state index is 13.6. The van der Waals surface area contributed by atoms with Gasteiger partial charge in [-0.3, -0.25) is 4.79 Å². The first-order valence-electron chi connectivity index (χ1n) is 15.1. The summed E-state index contributed by atoms with van der Waals surface area (Å²) < 4.78 is 8.58. The van der Waals surface area contributed by atoms with Crippen molar-refractivity contribution in [1.29, 1.82) is 0 Å². The van der Waals surface area contributed by atoms with Gasteiger partial charge in [-0.05, 0) is 79.3 Å². The van der Waals surface area contributed by atoms with E-state index in [1.807, 2.05) is 4.90 Å². The molecule has 9 heteroatoms. The van der Waals surface area contributed by atoms with Crippen LogP contribution in [0.5, 0.6) is 0 Å². The molecule has 4 aromatic rings. The van der Waals surface area contributed by atoms with E-state index < -0.39 is 5.97 Å². The number of aromatic nitrogens is 2. The van der Waals surface area contributed by atoms with Crippen molar-refractivity contribution in [2.45, 2.75) is 58.4 Å². The van der Waals surface area contributed by atoms with Crippen molar-refractivity contribution in [2.75, 3.05) is 26.3 Å². The predicted octanol–water partition coefficient (Wildman–Crippen LogP) is 7.90. The zero-order valence-electron chi connectivity index (χ0n) is 24.5. The zero-order valence-corrected chi connectivity index (χ0v) is 26.2. The molecule has 1 amide bonds. The summed E-state index contributed by atoms with van der Waals surface area (Å²) in [7, 11) is 0. The van der Waals surface area contributed by atoms with Gasteiger partial charge < -0.3 is 19.3 Å². The van der Waals surface area contributed by atoms with Crippen LogP contribution in [-0.2, 0) is 16.1 Å². The summed E-state index contributed by atoms with van der Waals surface area (Å²) in [5, 5.41) is 10.9. The molecular formula is C34H35N3O4S2. The Kier molecular flexibility index (Phi) is 7.65. The summed E-state index contributed by atoms with van der Waals surface area (Å²) in [4.78, 5) is 35.5. The summed E-state index contributed by atoms with van der Waals surface area (Å²) in [6.45, 7) is 6.73. The second kappa shape index (κ2) is 11.6. The van der Waals surface area contributed by atoms with Gasteiger partial charge in [-0.1, -0.05) is 48.4 Å². The van der Waals surface area contributed by atoms with Crippen LogP contribution in [0, 0.1) is 0 Å². The van der Waals surface area contributed by atoms with E-state index in [0.29, 0.717) is 37.1 Å². The number of carbonyl (C=O) groups excluding carboxylic acids is 1. The number of nitrogens with zero attached hydrogens (tertiary/aromatic N) is 3. The van der Waals surface area contributed by atoms with E-state index in [9.17, 15) is 14.7 Å². The fourth-order valence-electron chi connectivity index (χ4n) is 6.72. The number of hydrogen-bond donors (Lipinski definition) is 1. The number of allylic oxidation sites excluding steroid dienone is 3. The zero-order chi connectivity index (χ0) is 29.7. The summed E-state index contributed by atoms with van der Waals surface area (Å²) in [5.41, 5.74) is 7.40. The van der Waals surface area contributed by atoms with Gasteiger partial charge in [0, 0.05) is 23.4 Å². The van der Waals surface area contributed by atoms with Crippen molar-refractivity contribution in [1.82, 2.24) is 14.5 Å². The van der Waals surface area contributed by atoms with Gasteiger partial charge in [-0.2, -0.15) is 0 Å². The van der Waals surface area contributed by atoms with Gasteiger partial charge in [-0.15, -0.1) is 11.3 Å². The number of morpholine rings is 1. The van der Waals surface area contributed by atoms with Gasteiger partial charge >= 0.3 is 5.97 Å². The minimum Gasteiger partial charge on any atom is -0.477 e. The Morgan fingerprint density at radius 1 is 1.07 bits per heavy atom. The minimum atomic E-state index is -0.925. The van der Waals surface area contributed by atoms with Crippen LogP contribution in [0.25, 0.3) is 37.3 Å². The number of aromatic carboxylic acids is 1. The summed E-state index contributed by atoms with van der Waals surface area (Å²) in [6.07, 6.45) is 7.68. The number of carboxylic acid groups (broad SMARTS) is 1. The molecule has 3 aliphatic rings. The summed E-state index contributed by atoms with van der Waals surface area (Å²) in [6, 6.07) is 12.5. The number of carbonyl (C=O) groups is 2. The second-order valence-corrected chi connectivity index (χ2v) is 14.1. The molecule has 0 radical (unpaired) electrons. The normalized spacial score (nSPS) is 18.2. The largest absolute Gasteiger partial charge is 0.477 e. The summed E-state index contributed by atoms with van der Waals surface area (Å²) >= 11 is 3.13. The molecule has 43 heavy (non-hydrogen) atoms. The summed E-state index contributed by atoms with van der Waals surface area (Å²) in [5.74, 6) is -0.554. The van der Waals surface area contributed by atoms with E-state index >= 15 is 0 Å². The number of pyridine rings is 1. The monoisotopic (exact) mass is 613 g/mol. The van der Waals surface area contributed by atoms with Crippen LogP contribution in [0.2, 0.25) is 0 Å². The lowest BCUT2D eigenvalue weighted by Gasteiger charge is -2.27. The third-order valence-corrected chi connectivity index (χ3v) is 11.3. The fourth-order valence-corrected chi connectivity index (χ4v) is 8.81.